The molecule has 1 N–H and O–H groups in total. The number of pyridine rings is 1. The quantitative estimate of drug-likeness (QED) is 0.863. The molecule has 2 aromatic rings. The van der Waals surface area contributed by atoms with Crippen molar-refractivity contribution >= 4 is 32.7 Å². The van der Waals surface area contributed by atoms with Crippen molar-refractivity contribution in [3.05, 3.63) is 22.5 Å². The molecule has 6 heteroatoms. The fourth-order valence-electron chi connectivity index (χ4n) is 4.06. The molecule has 4 rings (SSSR count). The Balaban J connectivity index is 1.58. The number of fused-ring (bicyclic) bond motifs is 3. The van der Waals surface area contributed by atoms with Crippen molar-refractivity contribution in [1.29, 1.82) is 5.26 Å². The number of aromatic nitrogens is 1. The van der Waals surface area contributed by atoms with Gasteiger partial charge in [0.15, 0.2) is 5.58 Å². The summed E-state index contributed by atoms with van der Waals surface area (Å²) in [5, 5.41) is 13.5. The molecular weight excluding hydrogens is 356 g/mol. The molecule has 5 nitrogen and oxygen atoms in total. The summed E-state index contributed by atoms with van der Waals surface area (Å²) in [5.41, 5.74) is 0.638. The maximum absolute atomic E-state index is 8.98. The Morgan fingerprint density at radius 1 is 1.39 bits per heavy atom. The number of halogens is 1. The van der Waals surface area contributed by atoms with Crippen molar-refractivity contribution in [1.82, 2.24) is 9.88 Å². The third kappa shape index (κ3) is 2.62. The highest BCUT2D eigenvalue weighted by Crippen LogP contribution is 2.36. The van der Waals surface area contributed by atoms with Crippen molar-refractivity contribution in [3.63, 3.8) is 0 Å². The van der Waals surface area contributed by atoms with Crippen molar-refractivity contribution < 1.29 is 4.42 Å². The lowest BCUT2D eigenvalue weighted by Crippen LogP contribution is -2.52. The minimum Gasteiger partial charge on any atom is -0.444 e. The first-order valence-corrected chi connectivity index (χ1v) is 8.91. The number of nitriles is 1. The summed E-state index contributed by atoms with van der Waals surface area (Å²) in [6.45, 7) is 0. The number of nitrogens with one attached hydrogen (secondary N) is 1. The average molecular weight is 375 g/mol. The van der Waals surface area contributed by atoms with Gasteiger partial charge in [0.05, 0.1) is 10.7 Å². The van der Waals surface area contributed by atoms with Crippen molar-refractivity contribution in [2.45, 2.75) is 50.2 Å². The minimum absolute atomic E-state index is 0.313. The summed E-state index contributed by atoms with van der Waals surface area (Å²) in [4.78, 5) is 7.04. The molecule has 2 bridgehead atoms. The third-order valence-electron chi connectivity index (χ3n) is 5.31. The van der Waals surface area contributed by atoms with Crippen LogP contribution in [0.15, 0.2) is 21.2 Å². The summed E-state index contributed by atoms with van der Waals surface area (Å²) in [7, 11) is 2.26. The Kier molecular flexibility index (Phi) is 3.78. The van der Waals surface area contributed by atoms with Gasteiger partial charge in [-0.15, -0.1) is 0 Å². The van der Waals surface area contributed by atoms with E-state index < -0.39 is 0 Å². The van der Waals surface area contributed by atoms with Crippen LogP contribution in [0.3, 0.4) is 0 Å². The second kappa shape index (κ2) is 5.81. The topological polar surface area (TPSA) is 65.1 Å². The van der Waals surface area contributed by atoms with Gasteiger partial charge in [0, 0.05) is 29.6 Å². The zero-order valence-electron chi connectivity index (χ0n) is 13.1. The van der Waals surface area contributed by atoms with Crippen LogP contribution in [0.1, 0.15) is 37.9 Å². The van der Waals surface area contributed by atoms with Crippen LogP contribution in [0.5, 0.6) is 0 Å². The van der Waals surface area contributed by atoms with Crippen LogP contribution in [0.25, 0.3) is 11.0 Å². The molecule has 0 aliphatic carbocycles. The van der Waals surface area contributed by atoms with Gasteiger partial charge in [-0.2, -0.15) is 5.26 Å². The lowest BCUT2D eigenvalue weighted by molar-refractivity contribution is 0.0608. The van der Waals surface area contributed by atoms with Crippen molar-refractivity contribution in [2.75, 3.05) is 12.4 Å². The molecule has 0 amide bonds. The van der Waals surface area contributed by atoms with Gasteiger partial charge in [0.1, 0.15) is 11.9 Å². The maximum atomic E-state index is 8.98. The minimum atomic E-state index is 0.313. The zero-order valence-corrected chi connectivity index (χ0v) is 14.6. The summed E-state index contributed by atoms with van der Waals surface area (Å²) in [6.07, 6.45) is 7.96. The Labute approximate surface area is 143 Å². The van der Waals surface area contributed by atoms with Gasteiger partial charge in [-0.3, -0.25) is 0 Å². The van der Waals surface area contributed by atoms with E-state index >= 15 is 0 Å². The van der Waals surface area contributed by atoms with E-state index in [1.807, 2.05) is 6.07 Å². The van der Waals surface area contributed by atoms with E-state index in [0.717, 1.165) is 28.5 Å². The number of hydrogen-bond donors (Lipinski definition) is 1. The molecule has 0 radical (unpaired) electrons. The first-order valence-electron chi connectivity index (χ1n) is 8.12. The molecule has 120 valence electrons. The number of rotatable bonds is 2. The van der Waals surface area contributed by atoms with E-state index in [9.17, 15) is 0 Å². The molecule has 2 aromatic heterocycles. The first-order chi connectivity index (χ1) is 11.2. The number of furan rings is 1. The van der Waals surface area contributed by atoms with Crippen LogP contribution in [-0.4, -0.2) is 35.1 Å². The Bertz CT molecular complexity index is 767. The second-order valence-electron chi connectivity index (χ2n) is 6.64. The fraction of sp³-hybridized carbons (Fsp3) is 0.529. The molecule has 0 saturated carbocycles. The van der Waals surface area contributed by atoms with Gasteiger partial charge in [0.2, 0.25) is 5.76 Å². The van der Waals surface area contributed by atoms with E-state index in [1.54, 1.807) is 12.3 Å². The molecule has 2 aliphatic rings. The van der Waals surface area contributed by atoms with Crippen LogP contribution in [0.4, 0.5) is 5.82 Å². The monoisotopic (exact) mass is 374 g/mol. The highest BCUT2D eigenvalue weighted by atomic mass is 79.9. The predicted octanol–water partition coefficient (Wildman–Crippen LogP) is 3.89. The lowest BCUT2D eigenvalue weighted by Gasteiger charge is -2.47. The second-order valence-corrected chi connectivity index (χ2v) is 7.43. The summed E-state index contributed by atoms with van der Waals surface area (Å²) in [5.74, 6) is 1.16. The van der Waals surface area contributed by atoms with Gasteiger partial charge < -0.3 is 14.6 Å². The predicted molar refractivity (Wildman–Crippen MR) is 92.3 cm³/mol. The molecule has 3 atom stereocenters. The van der Waals surface area contributed by atoms with Crippen LogP contribution >= 0.6 is 15.9 Å². The van der Waals surface area contributed by atoms with E-state index in [4.69, 9.17) is 9.68 Å². The number of anilines is 1. The van der Waals surface area contributed by atoms with E-state index in [-0.39, 0.29) is 0 Å². The number of piperidine rings is 2. The highest BCUT2D eigenvalue weighted by Gasteiger charge is 2.36. The fourth-order valence-corrected chi connectivity index (χ4v) is 4.59. The maximum Gasteiger partial charge on any atom is 0.204 e. The van der Waals surface area contributed by atoms with Gasteiger partial charge in [-0.25, -0.2) is 4.98 Å². The van der Waals surface area contributed by atoms with E-state index in [1.165, 1.54) is 19.3 Å². The normalized spacial score (nSPS) is 27.8. The molecular formula is C17H19BrN4O. The standard InChI is InChI=1S/C17H19BrN4O/c1-22-11-3-2-4-12(22)6-10(5-11)21-17-16(18)14-7-13(8-19)23-15(14)9-20-17/h7,9-12H,2-6H2,1H3,(H,20,21)/t10?,11-,12+. The van der Waals surface area contributed by atoms with Gasteiger partial charge in [0.25, 0.3) is 0 Å². The van der Waals surface area contributed by atoms with Crippen LogP contribution in [0.2, 0.25) is 0 Å². The molecule has 0 aromatic carbocycles. The molecule has 2 saturated heterocycles. The largest absolute Gasteiger partial charge is 0.444 e. The van der Waals surface area contributed by atoms with E-state index in [0.29, 0.717) is 29.5 Å². The zero-order chi connectivity index (χ0) is 16.0. The van der Waals surface area contributed by atoms with Crippen molar-refractivity contribution in [3.8, 4) is 6.07 Å². The molecule has 23 heavy (non-hydrogen) atoms. The number of nitrogens with zero attached hydrogens (tertiary/aromatic N) is 3. The third-order valence-corrected chi connectivity index (χ3v) is 6.11. The molecule has 2 fully saturated rings. The Morgan fingerprint density at radius 2 is 2.13 bits per heavy atom. The highest BCUT2D eigenvalue weighted by molar-refractivity contribution is 9.10. The van der Waals surface area contributed by atoms with E-state index in [2.05, 4.69) is 38.2 Å². The Hall–Kier alpha value is -1.58. The van der Waals surface area contributed by atoms with Crippen LogP contribution in [0, 0.1) is 11.3 Å². The smallest absolute Gasteiger partial charge is 0.204 e. The summed E-state index contributed by atoms with van der Waals surface area (Å²) < 4.78 is 6.31. The summed E-state index contributed by atoms with van der Waals surface area (Å²) in [6, 6.07) is 5.61. The van der Waals surface area contributed by atoms with Gasteiger partial charge in [-0.1, -0.05) is 6.42 Å². The van der Waals surface area contributed by atoms with Crippen LogP contribution < -0.4 is 5.32 Å². The van der Waals surface area contributed by atoms with Crippen LogP contribution in [-0.2, 0) is 0 Å². The molecule has 4 heterocycles. The van der Waals surface area contributed by atoms with Gasteiger partial charge in [-0.05, 0) is 48.7 Å². The Morgan fingerprint density at radius 3 is 2.83 bits per heavy atom. The summed E-state index contributed by atoms with van der Waals surface area (Å²) >= 11 is 3.62. The lowest BCUT2D eigenvalue weighted by atomic mass is 9.82. The SMILES string of the molecule is CN1[C@@H]2CCC[C@H]1CC(Nc1ncc3oc(C#N)cc3c1Br)C2. The van der Waals surface area contributed by atoms with Gasteiger partial charge >= 0.3 is 0 Å². The molecule has 0 spiro atoms. The number of hydrogen-bond acceptors (Lipinski definition) is 5. The molecule has 2 aliphatic heterocycles. The molecule has 1 unspecified atom stereocenters. The average Bonchev–Trinajstić information content (AvgIpc) is 2.95. The first kappa shape index (κ1) is 15.0. The van der Waals surface area contributed by atoms with Crippen molar-refractivity contribution in [2.24, 2.45) is 0 Å².